The molecule has 0 aliphatic rings. The molecule has 3 nitrogen and oxygen atoms in total. The Hall–Kier alpha value is -2.54. The van der Waals surface area contributed by atoms with E-state index in [1.54, 1.807) is 0 Å². The van der Waals surface area contributed by atoms with Gasteiger partial charge in [-0.1, -0.05) is 12.1 Å². The minimum Gasteiger partial charge on any atom is -0.428 e. The fraction of sp³-hybridized carbons (Fsp3) is 0.391. The van der Waals surface area contributed by atoms with Gasteiger partial charge in [-0.05, 0) is 62.1 Å². The monoisotopic (exact) mass is 547 g/mol. The molecule has 2 N–H and O–H groups in total. The number of allylic oxidation sites excluding steroid dienone is 1. The lowest BCUT2D eigenvalue weighted by atomic mass is 9.67. The third-order valence-corrected chi connectivity index (χ3v) is 6.75. The molecule has 13 heteroatoms. The number of benzene rings is 2. The SMILES string of the molecule is C=CC[C@@](CC(C)(C)S(N)=O)(c1cc(F)cc(OC(F)(F)C(F)F)c1)c1ccc(F)c(C(F)(F)F)c1. The van der Waals surface area contributed by atoms with Crippen LogP contribution in [0.1, 0.15) is 43.4 Å². The van der Waals surface area contributed by atoms with Crippen LogP contribution in [0.3, 0.4) is 0 Å². The highest BCUT2D eigenvalue weighted by atomic mass is 32.2. The Labute approximate surface area is 203 Å². The predicted molar refractivity (Wildman–Crippen MR) is 116 cm³/mol. The van der Waals surface area contributed by atoms with Crippen LogP contribution in [0.25, 0.3) is 0 Å². The molecule has 2 aromatic carbocycles. The first-order valence-electron chi connectivity index (χ1n) is 10.2. The second-order valence-corrected chi connectivity index (χ2v) is 10.3. The van der Waals surface area contributed by atoms with Gasteiger partial charge in [-0.2, -0.15) is 30.7 Å². The number of halogens is 9. The molecule has 36 heavy (non-hydrogen) atoms. The molecule has 0 saturated heterocycles. The van der Waals surface area contributed by atoms with Crippen LogP contribution in [0.2, 0.25) is 0 Å². The Balaban J connectivity index is 2.91. The summed E-state index contributed by atoms with van der Waals surface area (Å²) in [5, 5.41) is 5.55. The summed E-state index contributed by atoms with van der Waals surface area (Å²) in [7, 11) is -2.11. The van der Waals surface area contributed by atoms with Gasteiger partial charge in [-0.15, -0.1) is 6.58 Å². The van der Waals surface area contributed by atoms with E-state index in [0.717, 1.165) is 18.2 Å². The fourth-order valence-corrected chi connectivity index (χ4v) is 4.25. The van der Waals surface area contributed by atoms with E-state index in [1.807, 2.05) is 0 Å². The lowest BCUT2D eigenvalue weighted by molar-refractivity contribution is -0.253. The molecular weight excluding hydrogens is 525 g/mol. The molecular formula is C23H22F9NO2S. The van der Waals surface area contributed by atoms with Crippen molar-refractivity contribution in [2.75, 3.05) is 0 Å². The Bertz CT molecular complexity index is 1140. The van der Waals surface area contributed by atoms with Crippen LogP contribution < -0.4 is 9.88 Å². The van der Waals surface area contributed by atoms with Crippen molar-refractivity contribution in [2.45, 2.75) is 55.6 Å². The number of hydrogen-bond acceptors (Lipinski definition) is 2. The van der Waals surface area contributed by atoms with E-state index in [9.17, 15) is 43.7 Å². The van der Waals surface area contributed by atoms with Crippen LogP contribution in [0.15, 0.2) is 49.1 Å². The topological polar surface area (TPSA) is 52.3 Å². The molecule has 0 bridgehead atoms. The van der Waals surface area contributed by atoms with Gasteiger partial charge in [-0.25, -0.2) is 13.0 Å². The van der Waals surface area contributed by atoms with Gasteiger partial charge in [0, 0.05) is 11.5 Å². The van der Waals surface area contributed by atoms with Gasteiger partial charge in [0.25, 0.3) is 0 Å². The second-order valence-electron chi connectivity index (χ2n) is 8.64. The van der Waals surface area contributed by atoms with Gasteiger partial charge in [0.15, 0.2) is 0 Å². The van der Waals surface area contributed by atoms with Crippen LogP contribution in [-0.4, -0.2) is 21.5 Å². The van der Waals surface area contributed by atoms with Crippen molar-refractivity contribution in [3.05, 3.63) is 77.4 Å². The number of rotatable bonds is 10. The summed E-state index contributed by atoms with van der Waals surface area (Å²) in [4.78, 5) is 0. The Morgan fingerprint density at radius 2 is 1.64 bits per heavy atom. The molecule has 0 spiro atoms. The van der Waals surface area contributed by atoms with Crippen LogP contribution in [0.4, 0.5) is 39.5 Å². The normalized spacial score (nSPS) is 15.5. The first kappa shape index (κ1) is 29.7. The van der Waals surface area contributed by atoms with E-state index in [0.29, 0.717) is 18.2 Å². The van der Waals surface area contributed by atoms with E-state index in [4.69, 9.17) is 5.14 Å². The highest BCUT2D eigenvalue weighted by molar-refractivity contribution is 7.84. The van der Waals surface area contributed by atoms with Gasteiger partial charge in [0.05, 0.1) is 21.3 Å². The van der Waals surface area contributed by atoms with E-state index in [1.165, 1.54) is 19.9 Å². The average Bonchev–Trinajstić information content (AvgIpc) is 2.71. The molecule has 0 amide bonds. The molecule has 2 aromatic rings. The molecule has 0 aliphatic carbocycles. The van der Waals surface area contributed by atoms with Crippen molar-refractivity contribution >= 4 is 11.0 Å². The van der Waals surface area contributed by atoms with E-state index in [2.05, 4.69) is 11.3 Å². The van der Waals surface area contributed by atoms with Gasteiger partial charge in [0.1, 0.15) is 17.4 Å². The van der Waals surface area contributed by atoms with Crippen molar-refractivity contribution in [3.8, 4) is 5.75 Å². The second kappa shape index (κ2) is 10.4. The number of alkyl halides is 7. The molecule has 0 aliphatic heterocycles. The standard InChI is InChI=1S/C23H22F9NO2S/c1-4-7-21(12-20(2,3)36(33)34,13-5-6-18(25)17(10-13)22(28,29)30)14-8-15(24)11-16(9-14)35-23(31,32)19(26)27/h4-6,8-11,19H,1,7,12,33H2,2-3H3/t21-,36?/m0/s1. The molecule has 0 aromatic heterocycles. The molecule has 0 saturated carbocycles. The quantitative estimate of drug-likeness (QED) is 0.261. The summed E-state index contributed by atoms with van der Waals surface area (Å²) in [6, 6.07) is 3.83. The van der Waals surface area contributed by atoms with Crippen LogP contribution >= 0.6 is 0 Å². The molecule has 0 heterocycles. The first-order chi connectivity index (χ1) is 16.4. The summed E-state index contributed by atoms with van der Waals surface area (Å²) in [6.07, 6.45) is -13.9. The lowest BCUT2D eigenvalue weighted by Crippen LogP contribution is -2.42. The lowest BCUT2D eigenvalue weighted by Gasteiger charge is -2.40. The minimum atomic E-state index is -5.14. The van der Waals surface area contributed by atoms with Gasteiger partial charge >= 0.3 is 18.7 Å². The summed E-state index contributed by atoms with van der Waals surface area (Å²) in [6.45, 7) is 6.31. The van der Waals surface area contributed by atoms with Crippen LogP contribution in [0.5, 0.6) is 5.75 Å². The van der Waals surface area contributed by atoms with Crippen molar-refractivity contribution in [3.63, 3.8) is 0 Å². The molecule has 2 rings (SSSR count). The summed E-state index contributed by atoms with van der Waals surface area (Å²) >= 11 is 0. The number of nitrogens with two attached hydrogens (primary N) is 1. The number of hydrogen-bond donors (Lipinski definition) is 1. The van der Waals surface area contributed by atoms with Crippen molar-refractivity contribution in [1.29, 1.82) is 0 Å². The average molecular weight is 547 g/mol. The minimum absolute atomic E-state index is 0.271. The summed E-state index contributed by atoms with van der Waals surface area (Å²) in [5.41, 5.74) is -4.06. The maximum absolute atomic E-state index is 14.6. The molecule has 2 atom stereocenters. The zero-order valence-corrected chi connectivity index (χ0v) is 19.8. The van der Waals surface area contributed by atoms with E-state index >= 15 is 0 Å². The maximum Gasteiger partial charge on any atom is 0.461 e. The molecule has 1 unspecified atom stereocenters. The smallest absolute Gasteiger partial charge is 0.428 e. The van der Waals surface area contributed by atoms with Crippen LogP contribution in [-0.2, 0) is 22.6 Å². The maximum atomic E-state index is 14.6. The zero-order valence-electron chi connectivity index (χ0n) is 18.9. The van der Waals surface area contributed by atoms with E-state index in [-0.39, 0.29) is 24.0 Å². The Morgan fingerprint density at radius 3 is 2.14 bits per heavy atom. The van der Waals surface area contributed by atoms with Crippen molar-refractivity contribution in [1.82, 2.24) is 0 Å². The summed E-state index contributed by atoms with van der Waals surface area (Å²) in [5.74, 6) is -3.90. The fourth-order valence-electron chi connectivity index (χ4n) is 3.86. The van der Waals surface area contributed by atoms with Gasteiger partial charge in [0.2, 0.25) is 0 Å². The molecule has 0 radical (unpaired) electrons. The first-order valence-corrected chi connectivity index (χ1v) is 11.4. The largest absolute Gasteiger partial charge is 0.461 e. The Morgan fingerprint density at radius 1 is 1.03 bits per heavy atom. The van der Waals surface area contributed by atoms with Gasteiger partial charge in [-0.3, -0.25) is 5.14 Å². The third-order valence-electron chi connectivity index (χ3n) is 5.52. The van der Waals surface area contributed by atoms with Crippen molar-refractivity contribution in [2.24, 2.45) is 5.14 Å². The highest BCUT2D eigenvalue weighted by Gasteiger charge is 2.46. The Kier molecular flexibility index (Phi) is 8.61. The number of ether oxygens (including phenoxy) is 1. The zero-order chi connectivity index (χ0) is 27.7. The molecule has 200 valence electrons. The van der Waals surface area contributed by atoms with Gasteiger partial charge < -0.3 is 4.74 Å². The third kappa shape index (κ3) is 6.41. The van der Waals surface area contributed by atoms with Crippen LogP contribution in [0, 0.1) is 11.6 Å². The highest BCUT2D eigenvalue weighted by Crippen LogP contribution is 2.47. The predicted octanol–water partition coefficient (Wildman–Crippen LogP) is 6.87. The van der Waals surface area contributed by atoms with E-state index < -0.39 is 62.8 Å². The summed E-state index contributed by atoms with van der Waals surface area (Å²) < 4.78 is 136. The molecule has 0 fully saturated rings. The van der Waals surface area contributed by atoms with Crippen molar-refractivity contribution < 1.29 is 48.5 Å².